The molecule has 0 aliphatic heterocycles. The maximum absolute atomic E-state index is 11.0. The van der Waals surface area contributed by atoms with Crippen LogP contribution in [0.4, 0.5) is 11.4 Å². The third-order valence-corrected chi connectivity index (χ3v) is 3.93. The fraction of sp³-hybridized carbons (Fsp3) is 0.533. The average molecular weight is 278 g/mol. The third kappa shape index (κ3) is 3.22. The average Bonchev–Trinajstić information content (AvgIpc) is 3.22. The number of carbonyl (C=O) groups is 1. The van der Waals surface area contributed by atoms with E-state index in [1.54, 1.807) is 19.2 Å². The summed E-state index contributed by atoms with van der Waals surface area (Å²) in [7, 11) is 1.68. The predicted octanol–water partition coefficient (Wildman–Crippen LogP) is 2.22. The number of hydrogen-bond donors (Lipinski definition) is 2. The number of nitrogen functional groups attached to an aromatic ring is 1. The fourth-order valence-electron chi connectivity index (χ4n) is 2.51. The minimum absolute atomic E-state index is 0.152. The van der Waals surface area contributed by atoms with Crippen LogP contribution in [0.3, 0.4) is 0 Å². The molecule has 1 aliphatic carbocycles. The van der Waals surface area contributed by atoms with E-state index in [1.165, 1.54) is 12.8 Å². The first-order valence-corrected chi connectivity index (χ1v) is 6.93. The SMILES string of the molecule is COCCN(c1ccc(C(=O)O)c(N)c1)C(C)C1CC1. The number of carboxylic acids is 1. The first-order valence-electron chi connectivity index (χ1n) is 6.93. The van der Waals surface area contributed by atoms with E-state index in [0.717, 1.165) is 12.2 Å². The zero-order valence-electron chi connectivity index (χ0n) is 12.0. The summed E-state index contributed by atoms with van der Waals surface area (Å²) < 4.78 is 5.17. The van der Waals surface area contributed by atoms with Gasteiger partial charge in [-0.05, 0) is 43.9 Å². The second kappa shape index (κ2) is 6.13. The lowest BCUT2D eigenvalue weighted by atomic mass is 10.1. The molecule has 1 unspecified atom stereocenters. The van der Waals surface area contributed by atoms with Crippen LogP contribution in [0.15, 0.2) is 18.2 Å². The van der Waals surface area contributed by atoms with Gasteiger partial charge < -0.3 is 20.5 Å². The van der Waals surface area contributed by atoms with Crippen LogP contribution in [0.5, 0.6) is 0 Å². The Morgan fingerprint density at radius 1 is 1.55 bits per heavy atom. The van der Waals surface area contributed by atoms with E-state index < -0.39 is 5.97 Å². The summed E-state index contributed by atoms with van der Waals surface area (Å²) in [5.41, 5.74) is 7.26. The first-order chi connectivity index (χ1) is 9.54. The second-order valence-electron chi connectivity index (χ2n) is 5.34. The molecule has 5 heteroatoms. The van der Waals surface area contributed by atoms with Crippen molar-refractivity contribution in [3.63, 3.8) is 0 Å². The molecule has 1 saturated carbocycles. The molecule has 1 aromatic carbocycles. The molecule has 3 N–H and O–H groups in total. The Morgan fingerprint density at radius 3 is 2.75 bits per heavy atom. The van der Waals surface area contributed by atoms with Crippen molar-refractivity contribution >= 4 is 17.3 Å². The molecule has 0 aromatic heterocycles. The number of anilines is 2. The molecule has 0 spiro atoms. The van der Waals surface area contributed by atoms with E-state index in [0.29, 0.717) is 24.3 Å². The van der Waals surface area contributed by atoms with Gasteiger partial charge in [-0.15, -0.1) is 0 Å². The van der Waals surface area contributed by atoms with Crippen LogP contribution in [0.2, 0.25) is 0 Å². The van der Waals surface area contributed by atoms with Gasteiger partial charge in [-0.25, -0.2) is 4.79 Å². The van der Waals surface area contributed by atoms with Gasteiger partial charge >= 0.3 is 5.97 Å². The highest BCUT2D eigenvalue weighted by atomic mass is 16.5. The van der Waals surface area contributed by atoms with Gasteiger partial charge in [0.2, 0.25) is 0 Å². The molecule has 1 aliphatic rings. The lowest BCUT2D eigenvalue weighted by Gasteiger charge is -2.31. The summed E-state index contributed by atoms with van der Waals surface area (Å²) in [5.74, 6) is -0.278. The molecule has 0 saturated heterocycles. The van der Waals surface area contributed by atoms with Crippen LogP contribution in [0.25, 0.3) is 0 Å². The van der Waals surface area contributed by atoms with Crippen molar-refractivity contribution in [2.75, 3.05) is 30.9 Å². The van der Waals surface area contributed by atoms with E-state index in [4.69, 9.17) is 15.6 Å². The number of benzene rings is 1. The van der Waals surface area contributed by atoms with Crippen LogP contribution >= 0.6 is 0 Å². The van der Waals surface area contributed by atoms with E-state index in [-0.39, 0.29) is 5.56 Å². The zero-order valence-corrected chi connectivity index (χ0v) is 12.0. The Bertz CT molecular complexity index is 486. The van der Waals surface area contributed by atoms with Crippen molar-refractivity contribution in [1.29, 1.82) is 0 Å². The highest BCUT2D eigenvalue weighted by Gasteiger charge is 2.32. The topological polar surface area (TPSA) is 75.8 Å². The molecule has 1 atom stereocenters. The standard InChI is InChI=1S/C15H22N2O3/c1-10(11-3-4-11)17(7-8-20-2)12-5-6-13(15(18)19)14(16)9-12/h5-6,9-11H,3-4,7-8,16H2,1-2H3,(H,18,19). The van der Waals surface area contributed by atoms with Crippen molar-refractivity contribution < 1.29 is 14.6 Å². The molecule has 5 nitrogen and oxygen atoms in total. The van der Waals surface area contributed by atoms with E-state index in [2.05, 4.69) is 11.8 Å². The third-order valence-electron chi connectivity index (χ3n) is 3.93. The lowest BCUT2D eigenvalue weighted by molar-refractivity contribution is 0.0698. The second-order valence-corrected chi connectivity index (χ2v) is 5.34. The van der Waals surface area contributed by atoms with E-state index in [9.17, 15) is 4.79 Å². The molecule has 2 rings (SSSR count). The maximum Gasteiger partial charge on any atom is 0.337 e. The van der Waals surface area contributed by atoms with Crippen LogP contribution < -0.4 is 10.6 Å². The number of nitrogens with two attached hydrogens (primary N) is 1. The normalized spacial score (nSPS) is 15.9. The molecular formula is C15H22N2O3. The highest BCUT2D eigenvalue weighted by molar-refractivity contribution is 5.94. The Morgan fingerprint density at radius 2 is 2.25 bits per heavy atom. The van der Waals surface area contributed by atoms with Crippen LogP contribution in [-0.4, -0.2) is 37.4 Å². The smallest absolute Gasteiger partial charge is 0.337 e. The predicted molar refractivity (Wildman–Crippen MR) is 79.2 cm³/mol. The van der Waals surface area contributed by atoms with Crippen LogP contribution in [-0.2, 0) is 4.74 Å². The minimum Gasteiger partial charge on any atom is -0.478 e. The molecule has 1 aromatic rings. The highest BCUT2D eigenvalue weighted by Crippen LogP contribution is 2.37. The minimum atomic E-state index is -0.993. The number of methoxy groups -OCH3 is 1. The maximum atomic E-state index is 11.0. The Hall–Kier alpha value is -1.75. The summed E-state index contributed by atoms with van der Waals surface area (Å²) >= 11 is 0. The number of aromatic carboxylic acids is 1. The molecule has 20 heavy (non-hydrogen) atoms. The van der Waals surface area contributed by atoms with Gasteiger partial charge in [-0.3, -0.25) is 0 Å². The van der Waals surface area contributed by atoms with Gasteiger partial charge in [0.15, 0.2) is 0 Å². The van der Waals surface area contributed by atoms with E-state index >= 15 is 0 Å². The summed E-state index contributed by atoms with van der Waals surface area (Å²) in [6.45, 7) is 3.62. The quantitative estimate of drug-likeness (QED) is 0.748. The summed E-state index contributed by atoms with van der Waals surface area (Å²) in [6.07, 6.45) is 2.51. The van der Waals surface area contributed by atoms with Crippen molar-refractivity contribution in [2.24, 2.45) is 5.92 Å². The van der Waals surface area contributed by atoms with Gasteiger partial charge in [0.1, 0.15) is 0 Å². The van der Waals surface area contributed by atoms with Gasteiger partial charge in [0.05, 0.1) is 12.2 Å². The van der Waals surface area contributed by atoms with Gasteiger partial charge in [-0.2, -0.15) is 0 Å². The largest absolute Gasteiger partial charge is 0.478 e. The first kappa shape index (κ1) is 14.7. The summed E-state index contributed by atoms with van der Waals surface area (Å²) in [5, 5.41) is 9.03. The molecule has 0 amide bonds. The Balaban J connectivity index is 2.23. The van der Waals surface area contributed by atoms with Gasteiger partial charge in [0.25, 0.3) is 0 Å². The monoisotopic (exact) mass is 278 g/mol. The number of ether oxygens (including phenoxy) is 1. The lowest BCUT2D eigenvalue weighted by Crippen LogP contribution is -2.37. The molecule has 0 heterocycles. The van der Waals surface area contributed by atoms with Crippen LogP contribution in [0, 0.1) is 5.92 Å². The molecule has 1 fully saturated rings. The number of rotatable bonds is 7. The summed E-state index contributed by atoms with van der Waals surface area (Å²) in [6, 6.07) is 5.57. The van der Waals surface area contributed by atoms with Crippen molar-refractivity contribution in [3.8, 4) is 0 Å². The molecule has 110 valence electrons. The number of hydrogen-bond acceptors (Lipinski definition) is 4. The van der Waals surface area contributed by atoms with Gasteiger partial charge in [-0.1, -0.05) is 0 Å². The van der Waals surface area contributed by atoms with E-state index in [1.807, 2.05) is 6.07 Å². The molecular weight excluding hydrogens is 256 g/mol. The van der Waals surface area contributed by atoms with Crippen molar-refractivity contribution in [1.82, 2.24) is 0 Å². The van der Waals surface area contributed by atoms with Gasteiger partial charge in [0, 0.05) is 31.1 Å². The summed E-state index contributed by atoms with van der Waals surface area (Å²) in [4.78, 5) is 13.3. The Labute approximate surface area is 119 Å². The van der Waals surface area contributed by atoms with Crippen molar-refractivity contribution in [2.45, 2.75) is 25.8 Å². The molecule has 0 radical (unpaired) electrons. The number of nitrogens with zero attached hydrogens (tertiary/aromatic N) is 1. The Kier molecular flexibility index (Phi) is 4.49. The zero-order chi connectivity index (χ0) is 14.7. The van der Waals surface area contributed by atoms with Crippen LogP contribution in [0.1, 0.15) is 30.1 Å². The fourth-order valence-corrected chi connectivity index (χ4v) is 2.51. The molecule has 0 bridgehead atoms. The van der Waals surface area contributed by atoms with Crippen molar-refractivity contribution in [3.05, 3.63) is 23.8 Å². The number of carboxylic acid groups (broad SMARTS) is 1.